The number of rotatable bonds is 4. The SMILES string of the molecule is CC(=O)c1ccc(NC(=O)NCc2cccc(Br)c2)cc1. The molecule has 2 aromatic rings. The number of hydrogen-bond acceptors (Lipinski definition) is 2. The Morgan fingerprint density at radius 3 is 2.43 bits per heavy atom. The van der Waals surface area contributed by atoms with E-state index in [1.807, 2.05) is 24.3 Å². The molecule has 4 nitrogen and oxygen atoms in total. The third kappa shape index (κ3) is 4.72. The van der Waals surface area contributed by atoms with Gasteiger partial charge < -0.3 is 10.6 Å². The van der Waals surface area contributed by atoms with Gasteiger partial charge in [0.15, 0.2) is 5.78 Å². The normalized spacial score (nSPS) is 10.0. The van der Waals surface area contributed by atoms with E-state index in [0.29, 0.717) is 17.8 Å². The van der Waals surface area contributed by atoms with Crippen molar-refractivity contribution < 1.29 is 9.59 Å². The summed E-state index contributed by atoms with van der Waals surface area (Å²) < 4.78 is 0.974. The van der Waals surface area contributed by atoms with Gasteiger partial charge in [-0.3, -0.25) is 4.79 Å². The summed E-state index contributed by atoms with van der Waals surface area (Å²) in [5, 5.41) is 5.49. The minimum atomic E-state index is -0.287. The van der Waals surface area contributed by atoms with E-state index in [4.69, 9.17) is 0 Å². The predicted octanol–water partition coefficient (Wildman–Crippen LogP) is 3.97. The lowest BCUT2D eigenvalue weighted by Gasteiger charge is -2.08. The van der Waals surface area contributed by atoms with Gasteiger partial charge in [-0.25, -0.2) is 4.79 Å². The number of amides is 2. The molecule has 5 heteroatoms. The van der Waals surface area contributed by atoms with E-state index in [1.54, 1.807) is 24.3 Å². The third-order valence-electron chi connectivity index (χ3n) is 2.89. The highest BCUT2D eigenvalue weighted by molar-refractivity contribution is 9.10. The second-order valence-electron chi connectivity index (χ2n) is 4.57. The van der Waals surface area contributed by atoms with Gasteiger partial charge in [-0.2, -0.15) is 0 Å². The maximum Gasteiger partial charge on any atom is 0.319 e. The first-order chi connectivity index (χ1) is 10.0. The zero-order chi connectivity index (χ0) is 15.2. The first-order valence-corrected chi connectivity index (χ1v) is 7.24. The molecule has 0 atom stereocenters. The quantitative estimate of drug-likeness (QED) is 0.822. The number of urea groups is 1. The van der Waals surface area contributed by atoms with Gasteiger partial charge in [0.25, 0.3) is 0 Å². The van der Waals surface area contributed by atoms with E-state index in [1.165, 1.54) is 6.92 Å². The van der Waals surface area contributed by atoms with Gasteiger partial charge in [-0.1, -0.05) is 28.1 Å². The molecular formula is C16H15BrN2O2. The first-order valence-electron chi connectivity index (χ1n) is 6.45. The molecule has 21 heavy (non-hydrogen) atoms. The topological polar surface area (TPSA) is 58.2 Å². The molecule has 0 spiro atoms. The molecule has 0 unspecified atom stereocenters. The van der Waals surface area contributed by atoms with E-state index in [9.17, 15) is 9.59 Å². The summed E-state index contributed by atoms with van der Waals surface area (Å²) in [5.41, 5.74) is 2.27. The Bertz CT molecular complexity index is 654. The molecule has 2 N–H and O–H groups in total. The number of benzene rings is 2. The van der Waals surface area contributed by atoms with Crippen LogP contribution in [0.4, 0.5) is 10.5 Å². The van der Waals surface area contributed by atoms with Gasteiger partial charge in [0, 0.05) is 22.3 Å². The average Bonchev–Trinajstić information content (AvgIpc) is 2.46. The van der Waals surface area contributed by atoms with Gasteiger partial charge in [-0.05, 0) is 48.9 Å². The van der Waals surface area contributed by atoms with Crippen LogP contribution in [0.15, 0.2) is 53.0 Å². The van der Waals surface area contributed by atoms with Crippen molar-refractivity contribution in [3.05, 3.63) is 64.1 Å². The number of carbonyl (C=O) groups excluding carboxylic acids is 2. The number of ketones is 1. The largest absolute Gasteiger partial charge is 0.334 e. The highest BCUT2D eigenvalue weighted by Gasteiger charge is 2.03. The van der Waals surface area contributed by atoms with E-state index in [-0.39, 0.29) is 11.8 Å². The smallest absolute Gasteiger partial charge is 0.319 e. The molecule has 0 aliphatic heterocycles. The van der Waals surface area contributed by atoms with Crippen molar-refractivity contribution >= 4 is 33.4 Å². The molecule has 2 rings (SSSR count). The summed E-state index contributed by atoms with van der Waals surface area (Å²) in [4.78, 5) is 23.0. The Kier molecular flexibility index (Phi) is 5.11. The van der Waals surface area contributed by atoms with E-state index in [2.05, 4.69) is 26.6 Å². The lowest BCUT2D eigenvalue weighted by atomic mass is 10.1. The zero-order valence-corrected chi connectivity index (χ0v) is 13.1. The highest BCUT2D eigenvalue weighted by Crippen LogP contribution is 2.12. The van der Waals surface area contributed by atoms with Crippen LogP contribution in [0.5, 0.6) is 0 Å². The molecule has 0 heterocycles. The Morgan fingerprint density at radius 1 is 1.10 bits per heavy atom. The number of nitrogens with one attached hydrogen (secondary N) is 2. The first kappa shape index (κ1) is 15.3. The van der Waals surface area contributed by atoms with Crippen LogP contribution in [0.1, 0.15) is 22.8 Å². The maximum absolute atomic E-state index is 11.8. The zero-order valence-electron chi connectivity index (χ0n) is 11.5. The fraction of sp³-hybridized carbons (Fsp3) is 0.125. The third-order valence-corrected chi connectivity index (χ3v) is 3.38. The van der Waals surface area contributed by atoms with E-state index < -0.39 is 0 Å². The fourth-order valence-electron chi connectivity index (χ4n) is 1.79. The molecule has 0 radical (unpaired) electrons. The fourth-order valence-corrected chi connectivity index (χ4v) is 2.24. The van der Waals surface area contributed by atoms with Crippen molar-refractivity contribution in [2.24, 2.45) is 0 Å². The lowest BCUT2D eigenvalue weighted by molar-refractivity contribution is 0.101. The van der Waals surface area contributed by atoms with Crippen LogP contribution in [-0.4, -0.2) is 11.8 Å². The molecule has 0 fully saturated rings. The maximum atomic E-state index is 11.8. The second kappa shape index (κ2) is 7.04. The number of hydrogen-bond donors (Lipinski definition) is 2. The van der Waals surface area contributed by atoms with Crippen LogP contribution >= 0.6 is 15.9 Å². The Labute approximate surface area is 131 Å². The molecule has 0 aliphatic rings. The standard InChI is InChI=1S/C16H15BrN2O2/c1-11(20)13-5-7-15(8-6-13)19-16(21)18-10-12-3-2-4-14(17)9-12/h2-9H,10H2,1H3,(H2,18,19,21). The van der Waals surface area contributed by atoms with Crippen molar-refractivity contribution in [3.63, 3.8) is 0 Å². The summed E-state index contributed by atoms with van der Waals surface area (Å²) in [6, 6.07) is 14.2. The second-order valence-corrected chi connectivity index (χ2v) is 5.49. The van der Waals surface area contributed by atoms with Crippen molar-refractivity contribution in [1.82, 2.24) is 5.32 Å². The Balaban J connectivity index is 1.88. The summed E-state index contributed by atoms with van der Waals surface area (Å²) >= 11 is 3.39. The lowest BCUT2D eigenvalue weighted by Crippen LogP contribution is -2.28. The summed E-state index contributed by atoms with van der Waals surface area (Å²) in [5.74, 6) is 0.000607. The average molecular weight is 347 g/mol. The minimum Gasteiger partial charge on any atom is -0.334 e. The number of Topliss-reactive ketones (excluding diaryl/α,β-unsaturated/α-hetero) is 1. The summed E-state index contributed by atoms with van der Waals surface area (Å²) in [7, 11) is 0. The molecule has 2 amide bonds. The summed E-state index contributed by atoms with van der Waals surface area (Å²) in [6.07, 6.45) is 0. The Morgan fingerprint density at radius 2 is 1.81 bits per heavy atom. The monoisotopic (exact) mass is 346 g/mol. The van der Waals surface area contributed by atoms with Crippen molar-refractivity contribution in [1.29, 1.82) is 0 Å². The number of anilines is 1. The van der Waals surface area contributed by atoms with Gasteiger partial charge in [0.1, 0.15) is 0 Å². The van der Waals surface area contributed by atoms with Crippen LogP contribution in [0, 0.1) is 0 Å². The summed E-state index contributed by atoms with van der Waals surface area (Å²) in [6.45, 7) is 1.95. The van der Waals surface area contributed by atoms with E-state index in [0.717, 1.165) is 10.0 Å². The molecule has 2 aromatic carbocycles. The molecule has 108 valence electrons. The highest BCUT2D eigenvalue weighted by atomic mass is 79.9. The van der Waals surface area contributed by atoms with Crippen LogP contribution in [-0.2, 0) is 6.54 Å². The van der Waals surface area contributed by atoms with Gasteiger partial charge in [0.2, 0.25) is 0 Å². The van der Waals surface area contributed by atoms with Crippen LogP contribution in [0.25, 0.3) is 0 Å². The molecule has 0 bridgehead atoms. The minimum absolute atomic E-state index is 0.000607. The van der Waals surface area contributed by atoms with Gasteiger partial charge in [-0.15, -0.1) is 0 Å². The molecule has 0 aromatic heterocycles. The van der Waals surface area contributed by atoms with Crippen LogP contribution in [0.2, 0.25) is 0 Å². The number of carbonyl (C=O) groups is 2. The van der Waals surface area contributed by atoms with Crippen molar-refractivity contribution in [2.45, 2.75) is 13.5 Å². The molecule has 0 aliphatic carbocycles. The predicted molar refractivity (Wildman–Crippen MR) is 86.4 cm³/mol. The van der Waals surface area contributed by atoms with Crippen molar-refractivity contribution in [2.75, 3.05) is 5.32 Å². The molecule has 0 saturated carbocycles. The molecule has 0 saturated heterocycles. The van der Waals surface area contributed by atoms with Crippen molar-refractivity contribution in [3.8, 4) is 0 Å². The number of halogens is 1. The van der Waals surface area contributed by atoms with Gasteiger partial charge >= 0.3 is 6.03 Å². The van der Waals surface area contributed by atoms with Crippen LogP contribution < -0.4 is 10.6 Å². The van der Waals surface area contributed by atoms with Gasteiger partial charge in [0.05, 0.1) is 0 Å². The molecular weight excluding hydrogens is 332 g/mol. The Hall–Kier alpha value is -2.14. The van der Waals surface area contributed by atoms with E-state index >= 15 is 0 Å². The van der Waals surface area contributed by atoms with Crippen LogP contribution in [0.3, 0.4) is 0 Å².